The van der Waals surface area contributed by atoms with Crippen molar-refractivity contribution in [3.8, 4) is 6.07 Å². The molecule has 5 heteroatoms. The maximum absolute atomic E-state index is 7.32. The molecular weight excluding hydrogens is 250 g/mol. The van der Waals surface area contributed by atoms with Gasteiger partial charge >= 0.3 is 0 Å². The van der Waals surface area contributed by atoms with Crippen LogP contribution in [-0.2, 0) is 0 Å². The van der Waals surface area contributed by atoms with Crippen LogP contribution in [0.4, 0.5) is 0 Å². The Balaban J connectivity index is 0.000000452. The minimum Gasteiger partial charge on any atom is -0.346 e. The molecule has 0 saturated heterocycles. The van der Waals surface area contributed by atoms with Crippen LogP contribution in [0.25, 0.3) is 11.0 Å². The SMILES string of the molecule is CC#N.CCN1C=CC(c2ccnc3[nH]ccc23)C=N1. The number of fused-ring (bicyclic) bond motifs is 1. The van der Waals surface area contributed by atoms with E-state index in [0.29, 0.717) is 0 Å². The number of allylic oxidation sites excluding steroid dienone is 1. The fraction of sp³-hybridized carbons (Fsp3) is 0.267. The molecule has 0 spiro atoms. The molecule has 0 radical (unpaired) electrons. The quantitative estimate of drug-likeness (QED) is 0.909. The second-order valence-corrected chi connectivity index (χ2v) is 4.25. The number of aromatic amines is 1. The smallest absolute Gasteiger partial charge is 0.137 e. The molecule has 1 aliphatic rings. The van der Waals surface area contributed by atoms with E-state index < -0.39 is 0 Å². The van der Waals surface area contributed by atoms with Crippen LogP contribution in [0.3, 0.4) is 0 Å². The van der Waals surface area contributed by atoms with Crippen LogP contribution >= 0.6 is 0 Å². The topological polar surface area (TPSA) is 68.1 Å². The van der Waals surface area contributed by atoms with Gasteiger partial charge in [0.05, 0.1) is 6.07 Å². The Morgan fingerprint density at radius 3 is 2.90 bits per heavy atom. The van der Waals surface area contributed by atoms with E-state index in [1.54, 1.807) is 6.07 Å². The van der Waals surface area contributed by atoms with Gasteiger partial charge in [0.15, 0.2) is 0 Å². The molecule has 0 bridgehead atoms. The molecule has 1 unspecified atom stereocenters. The van der Waals surface area contributed by atoms with Crippen LogP contribution in [0.1, 0.15) is 25.3 Å². The molecule has 0 fully saturated rings. The zero-order valence-corrected chi connectivity index (χ0v) is 11.6. The molecule has 1 atom stereocenters. The fourth-order valence-electron chi connectivity index (χ4n) is 2.08. The molecule has 1 N–H and O–H groups in total. The van der Waals surface area contributed by atoms with Crippen molar-refractivity contribution >= 4 is 17.2 Å². The van der Waals surface area contributed by atoms with Gasteiger partial charge in [-0.15, -0.1) is 0 Å². The first-order valence-corrected chi connectivity index (χ1v) is 6.52. The third-order valence-corrected chi connectivity index (χ3v) is 3.02. The second kappa shape index (κ2) is 6.53. The van der Waals surface area contributed by atoms with Crippen LogP contribution in [0, 0.1) is 11.3 Å². The molecule has 2 aromatic heterocycles. The van der Waals surface area contributed by atoms with Crippen LogP contribution < -0.4 is 0 Å². The summed E-state index contributed by atoms with van der Waals surface area (Å²) in [6, 6.07) is 5.87. The van der Waals surface area contributed by atoms with E-state index in [9.17, 15) is 0 Å². The zero-order valence-electron chi connectivity index (χ0n) is 11.6. The normalized spacial score (nSPS) is 16.6. The first-order chi connectivity index (χ1) is 9.80. The van der Waals surface area contributed by atoms with Crippen molar-refractivity contribution in [1.29, 1.82) is 5.26 Å². The van der Waals surface area contributed by atoms with Crippen LogP contribution in [-0.4, -0.2) is 27.7 Å². The summed E-state index contributed by atoms with van der Waals surface area (Å²) in [5.41, 5.74) is 2.18. The van der Waals surface area contributed by atoms with Crippen molar-refractivity contribution < 1.29 is 0 Å². The van der Waals surface area contributed by atoms with Crippen LogP contribution in [0.5, 0.6) is 0 Å². The van der Waals surface area contributed by atoms with Gasteiger partial charge in [-0.2, -0.15) is 10.4 Å². The Labute approximate surface area is 118 Å². The molecule has 3 rings (SSSR count). The van der Waals surface area contributed by atoms with E-state index in [0.717, 1.165) is 12.2 Å². The number of hydrogen-bond acceptors (Lipinski definition) is 4. The Morgan fingerprint density at radius 1 is 1.45 bits per heavy atom. The third kappa shape index (κ3) is 2.86. The zero-order chi connectivity index (χ0) is 14.4. The van der Waals surface area contributed by atoms with Gasteiger partial charge in [0.1, 0.15) is 5.65 Å². The maximum Gasteiger partial charge on any atom is 0.137 e. The predicted octanol–water partition coefficient (Wildman–Crippen LogP) is 3.01. The van der Waals surface area contributed by atoms with Gasteiger partial charge in [0, 0.05) is 49.6 Å². The molecule has 5 nitrogen and oxygen atoms in total. The first kappa shape index (κ1) is 13.8. The average molecular weight is 267 g/mol. The summed E-state index contributed by atoms with van der Waals surface area (Å²) < 4.78 is 0. The molecule has 1 aliphatic heterocycles. The Morgan fingerprint density at radius 2 is 2.25 bits per heavy atom. The van der Waals surface area contributed by atoms with Crippen LogP contribution in [0.15, 0.2) is 41.9 Å². The van der Waals surface area contributed by atoms with Gasteiger partial charge in [-0.05, 0) is 24.6 Å². The molecule has 0 aromatic carbocycles. The van der Waals surface area contributed by atoms with Gasteiger partial charge in [-0.1, -0.05) is 6.08 Å². The van der Waals surface area contributed by atoms with Gasteiger partial charge in [0.25, 0.3) is 0 Å². The highest BCUT2D eigenvalue weighted by Crippen LogP contribution is 2.25. The molecule has 102 valence electrons. The van der Waals surface area contributed by atoms with E-state index in [1.165, 1.54) is 17.9 Å². The van der Waals surface area contributed by atoms with Crippen molar-refractivity contribution in [2.24, 2.45) is 5.10 Å². The summed E-state index contributed by atoms with van der Waals surface area (Å²) in [6.07, 6.45) is 9.93. The Bertz CT molecular complexity index is 648. The lowest BCUT2D eigenvalue weighted by Crippen LogP contribution is -2.15. The van der Waals surface area contributed by atoms with Crippen molar-refractivity contribution in [2.45, 2.75) is 19.8 Å². The average Bonchev–Trinajstić information content (AvgIpc) is 2.96. The fourth-order valence-corrected chi connectivity index (χ4v) is 2.08. The van der Waals surface area contributed by atoms with Gasteiger partial charge in [-0.25, -0.2) is 4.98 Å². The number of nitrogens with zero attached hydrogens (tertiary/aromatic N) is 4. The van der Waals surface area contributed by atoms with E-state index in [1.807, 2.05) is 29.8 Å². The van der Waals surface area contributed by atoms with Crippen molar-refractivity contribution in [3.05, 3.63) is 42.4 Å². The number of rotatable bonds is 2. The van der Waals surface area contributed by atoms with Crippen molar-refractivity contribution in [3.63, 3.8) is 0 Å². The summed E-state index contributed by atoms with van der Waals surface area (Å²) >= 11 is 0. The van der Waals surface area contributed by atoms with E-state index in [4.69, 9.17) is 5.26 Å². The van der Waals surface area contributed by atoms with E-state index in [-0.39, 0.29) is 5.92 Å². The van der Waals surface area contributed by atoms with E-state index >= 15 is 0 Å². The lowest BCUT2D eigenvalue weighted by molar-refractivity contribution is 0.416. The van der Waals surface area contributed by atoms with Crippen LogP contribution in [0.2, 0.25) is 0 Å². The molecule has 0 saturated carbocycles. The predicted molar refractivity (Wildman–Crippen MR) is 80.1 cm³/mol. The summed E-state index contributed by atoms with van der Waals surface area (Å²) in [6.45, 7) is 4.41. The Hall–Kier alpha value is -2.61. The van der Waals surface area contributed by atoms with Gasteiger partial charge in [-0.3, -0.25) is 5.01 Å². The number of hydrogen-bond donors (Lipinski definition) is 1. The summed E-state index contributed by atoms with van der Waals surface area (Å²) in [4.78, 5) is 7.42. The summed E-state index contributed by atoms with van der Waals surface area (Å²) in [5.74, 6) is 0.235. The lowest BCUT2D eigenvalue weighted by atomic mass is 9.98. The highest BCUT2D eigenvalue weighted by atomic mass is 15.4. The molecule has 20 heavy (non-hydrogen) atoms. The highest BCUT2D eigenvalue weighted by molar-refractivity contribution is 5.85. The van der Waals surface area contributed by atoms with Crippen molar-refractivity contribution in [2.75, 3.05) is 6.54 Å². The third-order valence-electron chi connectivity index (χ3n) is 3.02. The minimum atomic E-state index is 0.235. The van der Waals surface area contributed by atoms with Crippen molar-refractivity contribution in [1.82, 2.24) is 15.0 Å². The Kier molecular flexibility index (Phi) is 4.51. The first-order valence-electron chi connectivity index (χ1n) is 6.52. The second-order valence-electron chi connectivity index (χ2n) is 4.25. The van der Waals surface area contributed by atoms with Gasteiger partial charge < -0.3 is 4.98 Å². The lowest BCUT2D eigenvalue weighted by Gasteiger charge is -2.19. The molecular formula is C15H17N5. The summed E-state index contributed by atoms with van der Waals surface area (Å²) in [7, 11) is 0. The van der Waals surface area contributed by atoms with Gasteiger partial charge in [0.2, 0.25) is 0 Å². The van der Waals surface area contributed by atoms with E-state index in [2.05, 4.69) is 40.2 Å². The standard InChI is InChI=1S/C13H14N4.C2H3N/c1-2-17-8-5-10(9-16-17)11-3-6-14-13-12(11)4-7-15-13;1-2-3/h3-10H,2H2,1H3,(H,14,15);1H3. The number of aromatic nitrogens is 2. The number of nitrogens with one attached hydrogen (secondary N) is 1. The number of pyridine rings is 1. The number of hydrazone groups is 1. The monoisotopic (exact) mass is 267 g/mol. The minimum absolute atomic E-state index is 0.235. The maximum atomic E-state index is 7.32. The highest BCUT2D eigenvalue weighted by Gasteiger charge is 2.13. The largest absolute Gasteiger partial charge is 0.346 e. The number of H-pyrrole nitrogens is 1. The molecule has 0 amide bonds. The number of nitriles is 1. The molecule has 0 aliphatic carbocycles. The molecule has 2 aromatic rings. The summed E-state index contributed by atoms with van der Waals surface area (Å²) in [5, 5.41) is 14.8. The molecule has 3 heterocycles.